The van der Waals surface area contributed by atoms with Crippen molar-refractivity contribution >= 4 is 58.6 Å². The Kier molecular flexibility index (Phi) is 18.3. The number of aldehydes is 3. The highest BCUT2D eigenvalue weighted by Gasteiger charge is 2.39. The second kappa shape index (κ2) is 23.4. The molecule has 3 N–H and O–H groups in total. The van der Waals surface area contributed by atoms with Crippen LogP contribution >= 0.6 is 11.3 Å². The van der Waals surface area contributed by atoms with Gasteiger partial charge in [0.1, 0.15) is 24.7 Å². The summed E-state index contributed by atoms with van der Waals surface area (Å²) >= 11 is 1.51. The Morgan fingerprint density at radius 2 is 1.70 bits per heavy atom. The number of nitrogens with one attached hydrogen (secondary N) is 3. The van der Waals surface area contributed by atoms with Gasteiger partial charge in [0.05, 0.1) is 57.5 Å². The number of thiazole rings is 1. The van der Waals surface area contributed by atoms with Crippen molar-refractivity contribution in [1.29, 1.82) is 0 Å². The van der Waals surface area contributed by atoms with Gasteiger partial charge in [-0.3, -0.25) is 19.3 Å². The molecule has 0 radical (unpaired) electrons. The third-order valence-corrected chi connectivity index (χ3v) is 10.0. The van der Waals surface area contributed by atoms with E-state index in [0.717, 1.165) is 55.5 Å². The highest BCUT2D eigenvalue weighted by Crippen LogP contribution is 2.39. The van der Waals surface area contributed by atoms with E-state index in [-0.39, 0.29) is 37.8 Å². The van der Waals surface area contributed by atoms with Crippen molar-refractivity contribution in [3.63, 3.8) is 0 Å². The van der Waals surface area contributed by atoms with Crippen molar-refractivity contribution in [2.75, 3.05) is 63.9 Å². The first kappa shape index (κ1) is 42.3. The first-order valence-electron chi connectivity index (χ1n) is 18.5. The third-order valence-electron chi connectivity index (χ3n) is 9.36. The molecule has 14 nitrogen and oxygen atoms in total. The number of pyridine rings is 1. The summed E-state index contributed by atoms with van der Waals surface area (Å²) in [5.41, 5.74) is 1.86. The van der Waals surface area contributed by atoms with Crippen LogP contribution in [-0.4, -0.2) is 105 Å². The first-order chi connectivity index (χ1) is 26.4. The Morgan fingerprint density at radius 1 is 0.963 bits per heavy atom. The second-order valence-corrected chi connectivity index (χ2v) is 14.1. The van der Waals surface area contributed by atoms with Crippen LogP contribution < -0.4 is 16.0 Å². The van der Waals surface area contributed by atoms with E-state index in [2.05, 4.69) is 20.9 Å². The van der Waals surface area contributed by atoms with Gasteiger partial charge in [-0.15, -0.1) is 11.3 Å². The van der Waals surface area contributed by atoms with Gasteiger partial charge in [-0.1, -0.05) is 37.5 Å². The fraction of sp³-hybridized carbons (Fsp3) is 0.513. The van der Waals surface area contributed by atoms with Crippen molar-refractivity contribution in [3.8, 4) is 0 Å². The van der Waals surface area contributed by atoms with Crippen LogP contribution in [0.5, 0.6) is 0 Å². The zero-order chi connectivity index (χ0) is 38.4. The lowest BCUT2D eigenvalue weighted by molar-refractivity contribution is -0.133. The molecular weight excluding hydrogens is 713 g/mol. The molecule has 1 atom stereocenters. The van der Waals surface area contributed by atoms with E-state index in [1.54, 1.807) is 36.3 Å². The molecule has 0 saturated heterocycles. The molecule has 0 aliphatic heterocycles. The number of hydrogen-bond donors (Lipinski definition) is 3. The smallest absolute Gasteiger partial charge is 0.226 e. The van der Waals surface area contributed by atoms with Crippen molar-refractivity contribution < 1.29 is 38.2 Å². The number of anilines is 3. The van der Waals surface area contributed by atoms with Crippen molar-refractivity contribution in [1.82, 2.24) is 20.2 Å². The fourth-order valence-corrected chi connectivity index (χ4v) is 6.99. The summed E-state index contributed by atoms with van der Waals surface area (Å²) in [6, 6.07) is 10.4. The maximum Gasteiger partial charge on any atom is 0.226 e. The topological polar surface area (TPSA) is 178 Å². The minimum Gasteiger partial charge on any atom is -0.379 e. The summed E-state index contributed by atoms with van der Waals surface area (Å²) < 4.78 is 16.8. The number of rotatable bonds is 26. The molecular formula is C39H52N6O8S. The minimum absolute atomic E-state index is 0.0469. The number of likely N-dealkylation sites (N-methyl/N-ethyl adjacent to an activating group) is 1. The highest BCUT2D eigenvalue weighted by molar-refractivity contribution is 7.13. The molecule has 3 aromatic rings. The lowest BCUT2D eigenvalue weighted by Gasteiger charge is -2.35. The summed E-state index contributed by atoms with van der Waals surface area (Å²) in [4.78, 5) is 71.0. The van der Waals surface area contributed by atoms with Crippen LogP contribution in [0, 0.1) is 5.41 Å². The van der Waals surface area contributed by atoms with Crippen LogP contribution in [0.3, 0.4) is 0 Å². The largest absolute Gasteiger partial charge is 0.379 e. The average Bonchev–Trinajstić information content (AvgIpc) is 3.69. The Bertz CT molecular complexity index is 1620. The Labute approximate surface area is 320 Å². The Morgan fingerprint density at radius 3 is 2.41 bits per heavy atom. The molecule has 1 fully saturated rings. The standard InChI is InChI=1S/C39H52N6O8S/c1-45(32(29-48)10-7-18-46)27-33-30(28-47)8-5-11-34(33)43-36(49)13-19-51-21-23-53-24-22-52-20-16-40-37(50)39(14-3-2-4-15-39)26-31-9-6-12-35(42-31)44-38-41-17-25-54-38/h5-6,8-9,11-12,17-18,25,28-29,32H,2-4,7,10,13-16,19-24,26-27H2,1H3,(H,40,50)(H,43,49)(H,41,42,44). The average molecular weight is 765 g/mol. The van der Waals surface area contributed by atoms with Crippen LogP contribution in [0.2, 0.25) is 0 Å². The maximum absolute atomic E-state index is 13.5. The molecule has 54 heavy (non-hydrogen) atoms. The molecule has 15 heteroatoms. The minimum atomic E-state index is -0.496. The van der Waals surface area contributed by atoms with E-state index in [1.807, 2.05) is 23.6 Å². The van der Waals surface area contributed by atoms with Crippen LogP contribution in [0.15, 0.2) is 48.0 Å². The number of nitrogens with zero attached hydrogens (tertiary/aromatic N) is 3. The molecule has 1 aliphatic carbocycles. The van der Waals surface area contributed by atoms with Gasteiger partial charge in [-0.2, -0.15) is 0 Å². The molecule has 292 valence electrons. The monoisotopic (exact) mass is 764 g/mol. The maximum atomic E-state index is 13.5. The predicted molar refractivity (Wildman–Crippen MR) is 206 cm³/mol. The zero-order valence-electron chi connectivity index (χ0n) is 31.0. The Balaban J connectivity index is 1.08. The van der Waals surface area contributed by atoms with Gasteiger partial charge in [0.25, 0.3) is 0 Å². The van der Waals surface area contributed by atoms with Crippen LogP contribution in [0.25, 0.3) is 0 Å². The number of benzene rings is 1. The van der Waals surface area contributed by atoms with Gasteiger partial charge in [0, 0.05) is 60.0 Å². The lowest BCUT2D eigenvalue weighted by atomic mass is 9.70. The van der Waals surface area contributed by atoms with Gasteiger partial charge in [-0.25, -0.2) is 9.97 Å². The SMILES string of the molecule is CN(Cc1c(C=O)cccc1NC(=O)CCOCCOCCOCCNC(=O)C1(Cc2cccc(Nc3nccs3)n2)CCCCC1)C(C=O)CCC=O. The van der Waals surface area contributed by atoms with Gasteiger partial charge in [0.2, 0.25) is 11.8 Å². The summed E-state index contributed by atoms with van der Waals surface area (Å²) in [5.74, 6) is 0.482. The highest BCUT2D eigenvalue weighted by atomic mass is 32.1. The molecule has 1 aromatic carbocycles. The fourth-order valence-electron chi connectivity index (χ4n) is 6.45. The second-order valence-electron chi connectivity index (χ2n) is 13.2. The van der Waals surface area contributed by atoms with Gasteiger partial charge in [-0.05, 0) is 44.5 Å². The van der Waals surface area contributed by atoms with Gasteiger partial charge < -0.3 is 39.8 Å². The zero-order valence-corrected chi connectivity index (χ0v) is 31.8. The number of aromatic nitrogens is 2. The molecule has 1 unspecified atom stereocenters. The van der Waals surface area contributed by atoms with E-state index in [4.69, 9.17) is 19.2 Å². The molecule has 2 aromatic heterocycles. The van der Waals surface area contributed by atoms with Crippen LogP contribution in [0.1, 0.15) is 73.0 Å². The Hall–Kier alpha value is -4.41. The van der Waals surface area contributed by atoms with Crippen molar-refractivity contribution in [3.05, 3.63) is 64.8 Å². The van der Waals surface area contributed by atoms with Gasteiger partial charge >= 0.3 is 0 Å². The predicted octanol–water partition coefficient (Wildman–Crippen LogP) is 4.76. The van der Waals surface area contributed by atoms with Crippen LogP contribution in [0.4, 0.5) is 16.6 Å². The summed E-state index contributed by atoms with van der Waals surface area (Å²) in [6.45, 7) is 2.56. The molecule has 2 heterocycles. The van der Waals surface area contributed by atoms with Crippen LogP contribution in [-0.2, 0) is 46.4 Å². The van der Waals surface area contributed by atoms with Crippen molar-refractivity contribution in [2.45, 2.75) is 70.4 Å². The number of carbonyl (C=O) groups is 5. The van der Waals surface area contributed by atoms with E-state index < -0.39 is 11.5 Å². The number of ether oxygens (including phenoxy) is 3. The molecule has 1 aliphatic rings. The summed E-state index contributed by atoms with van der Waals surface area (Å²) in [5, 5.41) is 11.8. The quantitative estimate of drug-likeness (QED) is 0.0756. The van der Waals surface area contributed by atoms with E-state index >= 15 is 0 Å². The molecule has 1 saturated carbocycles. The number of hydrogen-bond acceptors (Lipinski definition) is 13. The molecule has 0 bridgehead atoms. The third kappa shape index (κ3) is 13.8. The van der Waals surface area contributed by atoms with E-state index in [9.17, 15) is 24.0 Å². The summed E-state index contributed by atoms with van der Waals surface area (Å²) in [6.07, 6.45) is 10.1. The lowest BCUT2D eigenvalue weighted by Crippen LogP contribution is -2.45. The normalized spacial score (nSPS) is 14.3. The molecule has 2 amide bonds. The molecule has 0 spiro atoms. The summed E-state index contributed by atoms with van der Waals surface area (Å²) in [7, 11) is 1.73. The van der Waals surface area contributed by atoms with E-state index in [0.29, 0.717) is 81.3 Å². The van der Waals surface area contributed by atoms with Gasteiger partial charge in [0.15, 0.2) is 5.13 Å². The van der Waals surface area contributed by atoms with Crippen molar-refractivity contribution in [2.24, 2.45) is 5.41 Å². The van der Waals surface area contributed by atoms with E-state index in [1.165, 1.54) is 11.3 Å². The number of carbonyl (C=O) groups excluding carboxylic acids is 5. The number of amides is 2. The first-order valence-corrected chi connectivity index (χ1v) is 19.4. The molecule has 4 rings (SSSR count).